The molecule has 0 saturated heterocycles. The van der Waals surface area contributed by atoms with Crippen LogP contribution in [0.1, 0.15) is 180 Å². The quantitative estimate of drug-likeness (QED) is 0.0200. The summed E-state index contributed by atoms with van der Waals surface area (Å²) in [5.74, 6) is -0.853. The Morgan fingerprint density at radius 3 is 1.58 bits per heavy atom. The van der Waals surface area contributed by atoms with E-state index in [9.17, 15) is 19.0 Å². The molecule has 52 heavy (non-hydrogen) atoms. The fourth-order valence-electron chi connectivity index (χ4n) is 5.75. The Bertz CT molecular complexity index is 935. The van der Waals surface area contributed by atoms with E-state index in [0.717, 1.165) is 51.4 Å². The summed E-state index contributed by atoms with van der Waals surface area (Å²) in [5, 5.41) is 0. The number of quaternary nitrogens is 1. The Morgan fingerprint density at radius 1 is 0.635 bits per heavy atom. The summed E-state index contributed by atoms with van der Waals surface area (Å²) in [5.41, 5.74) is 0. The molecule has 9 nitrogen and oxygen atoms in total. The number of phosphoric ester groups is 1. The third kappa shape index (κ3) is 38.2. The molecule has 0 heterocycles. The summed E-state index contributed by atoms with van der Waals surface area (Å²) >= 11 is 0. The van der Waals surface area contributed by atoms with Crippen molar-refractivity contribution in [3.05, 3.63) is 24.8 Å². The number of carbonyl (C=O) groups excluding carboxylic acids is 2. The molecule has 0 aliphatic carbocycles. The average molecular weight is 758 g/mol. The molecule has 0 aromatic heterocycles. The van der Waals surface area contributed by atoms with Gasteiger partial charge in [-0.15, -0.1) is 6.58 Å². The zero-order valence-corrected chi connectivity index (χ0v) is 35.0. The van der Waals surface area contributed by atoms with E-state index in [4.69, 9.17) is 18.5 Å². The fourth-order valence-corrected chi connectivity index (χ4v) is 6.47. The van der Waals surface area contributed by atoms with Crippen LogP contribution in [-0.4, -0.2) is 70.0 Å². The van der Waals surface area contributed by atoms with Crippen LogP contribution in [0.2, 0.25) is 0 Å². The van der Waals surface area contributed by atoms with Gasteiger partial charge in [0.25, 0.3) is 7.82 Å². The van der Waals surface area contributed by atoms with Crippen molar-refractivity contribution >= 4 is 19.8 Å². The molecule has 0 aromatic carbocycles. The van der Waals surface area contributed by atoms with Gasteiger partial charge in [-0.25, -0.2) is 0 Å². The van der Waals surface area contributed by atoms with Crippen LogP contribution in [0.3, 0.4) is 0 Å². The summed E-state index contributed by atoms with van der Waals surface area (Å²) in [6.45, 7) is 5.72. The molecule has 0 bridgehead atoms. The van der Waals surface area contributed by atoms with E-state index in [-0.39, 0.29) is 32.0 Å². The van der Waals surface area contributed by atoms with E-state index >= 15 is 0 Å². The van der Waals surface area contributed by atoms with E-state index in [0.29, 0.717) is 17.4 Å². The van der Waals surface area contributed by atoms with Crippen molar-refractivity contribution in [3.8, 4) is 0 Å². The van der Waals surface area contributed by atoms with Crippen LogP contribution in [0.25, 0.3) is 0 Å². The number of esters is 2. The maximum absolute atomic E-state index is 12.6. The van der Waals surface area contributed by atoms with E-state index in [1.165, 1.54) is 103 Å². The Morgan fingerprint density at radius 2 is 1.08 bits per heavy atom. The Hall–Kier alpha value is -1.51. The van der Waals surface area contributed by atoms with Crippen LogP contribution in [0.4, 0.5) is 0 Å². The summed E-state index contributed by atoms with van der Waals surface area (Å²) < 4.78 is 33.8. The first kappa shape index (κ1) is 50.5. The van der Waals surface area contributed by atoms with Gasteiger partial charge in [0.15, 0.2) is 6.10 Å². The normalized spacial score (nSPS) is 13.6. The number of carbonyl (C=O) groups is 2. The minimum atomic E-state index is -4.62. The minimum absolute atomic E-state index is 0.0328. The third-order valence-corrected chi connectivity index (χ3v) is 10.1. The van der Waals surface area contributed by atoms with Crippen molar-refractivity contribution < 1.29 is 42.1 Å². The van der Waals surface area contributed by atoms with E-state index in [2.05, 4.69) is 25.7 Å². The first-order valence-corrected chi connectivity index (χ1v) is 22.5. The molecule has 2 atom stereocenters. The van der Waals surface area contributed by atoms with Gasteiger partial charge in [0.05, 0.1) is 27.7 Å². The van der Waals surface area contributed by atoms with Crippen LogP contribution >= 0.6 is 7.82 Å². The largest absolute Gasteiger partial charge is 0.756 e. The van der Waals surface area contributed by atoms with Crippen molar-refractivity contribution in [1.82, 2.24) is 0 Å². The summed E-state index contributed by atoms with van der Waals surface area (Å²) in [6, 6.07) is 0. The number of phosphoric acid groups is 1. The molecule has 0 saturated carbocycles. The molecule has 306 valence electrons. The highest BCUT2D eigenvalue weighted by Gasteiger charge is 2.21. The van der Waals surface area contributed by atoms with E-state index in [1.54, 1.807) is 0 Å². The highest BCUT2D eigenvalue weighted by Crippen LogP contribution is 2.38. The predicted octanol–water partition coefficient (Wildman–Crippen LogP) is 10.9. The van der Waals surface area contributed by atoms with Gasteiger partial charge >= 0.3 is 11.9 Å². The summed E-state index contributed by atoms with van der Waals surface area (Å²) in [6.07, 6.45) is 35.2. The fraction of sp³-hybridized carbons (Fsp3) is 0.857. The first-order valence-electron chi connectivity index (χ1n) is 21.0. The van der Waals surface area contributed by atoms with Crippen molar-refractivity contribution in [3.63, 3.8) is 0 Å². The van der Waals surface area contributed by atoms with Gasteiger partial charge in [-0.05, 0) is 51.4 Å². The van der Waals surface area contributed by atoms with Crippen molar-refractivity contribution in [2.45, 2.75) is 186 Å². The molecule has 1 unspecified atom stereocenters. The minimum Gasteiger partial charge on any atom is -0.756 e. The third-order valence-electron chi connectivity index (χ3n) is 9.09. The van der Waals surface area contributed by atoms with Crippen LogP contribution < -0.4 is 4.89 Å². The first-order chi connectivity index (χ1) is 25.0. The summed E-state index contributed by atoms with van der Waals surface area (Å²) in [7, 11) is 1.16. The molecule has 0 radical (unpaired) electrons. The lowest BCUT2D eigenvalue weighted by Gasteiger charge is -2.28. The van der Waals surface area contributed by atoms with Gasteiger partial charge in [-0.2, -0.15) is 0 Å². The maximum atomic E-state index is 12.6. The predicted molar refractivity (Wildman–Crippen MR) is 213 cm³/mol. The highest BCUT2D eigenvalue weighted by molar-refractivity contribution is 7.45. The van der Waals surface area contributed by atoms with E-state index < -0.39 is 26.5 Å². The second kappa shape index (κ2) is 35.2. The van der Waals surface area contributed by atoms with Crippen LogP contribution in [0, 0.1) is 0 Å². The zero-order valence-electron chi connectivity index (χ0n) is 34.1. The van der Waals surface area contributed by atoms with E-state index in [1.807, 2.05) is 27.2 Å². The number of allylic oxidation sites excluding steroid dienone is 3. The highest BCUT2D eigenvalue weighted by atomic mass is 31.2. The molecule has 0 spiro atoms. The van der Waals surface area contributed by atoms with Crippen LogP contribution in [0.15, 0.2) is 24.8 Å². The molecule has 0 fully saturated rings. The molecule has 0 aliphatic rings. The van der Waals surface area contributed by atoms with Crippen LogP contribution in [0.5, 0.6) is 0 Å². The molecule has 10 heteroatoms. The molecule has 0 aliphatic heterocycles. The number of likely N-dealkylation sites (N-methyl/N-ethyl adjacent to an activating group) is 1. The molecular weight excluding hydrogens is 677 g/mol. The number of unbranched alkanes of at least 4 members (excludes halogenated alkanes) is 22. The molecule has 0 rings (SSSR count). The summed E-state index contributed by atoms with van der Waals surface area (Å²) in [4.78, 5) is 37.4. The number of ether oxygens (including phenoxy) is 2. The van der Waals surface area contributed by atoms with Gasteiger partial charge in [-0.3, -0.25) is 14.2 Å². The topological polar surface area (TPSA) is 111 Å². The molecule has 0 amide bonds. The zero-order chi connectivity index (χ0) is 38.6. The average Bonchev–Trinajstić information content (AvgIpc) is 3.09. The SMILES string of the molecule is C=CCCCCCCCCCCCCCCCC(=O)OC[C@H](COP(=O)([O-])OCC[N+](C)(C)C)OC(=O)CCCCC/C=C/CCCCCCCC. The van der Waals surface area contributed by atoms with Gasteiger partial charge < -0.3 is 27.9 Å². The van der Waals surface area contributed by atoms with Crippen LogP contribution in [-0.2, 0) is 32.7 Å². The number of rotatable bonds is 39. The second-order valence-corrected chi connectivity index (χ2v) is 16.8. The lowest BCUT2D eigenvalue weighted by atomic mass is 10.0. The van der Waals surface area contributed by atoms with Gasteiger partial charge in [0, 0.05) is 12.8 Å². The number of nitrogens with zero attached hydrogens (tertiary/aromatic N) is 1. The lowest BCUT2D eigenvalue weighted by Crippen LogP contribution is -2.37. The Balaban J connectivity index is 4.37. The van der Waals surface area contributed by atoms with Gasteiger partial charge in [0.1, 0.15) is 19.8 Å². The monoisotopic (exact) mass is 758 g/mol. The molecule has 0 aromatic rings. The van der Waals surface area contributed by atoms with Crippen molar-refractivity contribution in [2.75, 3.05) is 47.5 Å². The second-order valence-electron chi connectivity index (χ2n) is 15.4. The van der Waals surface area contributed by atoms with Crippen molar-refractivity contribution in [2.24, 2.45) is 0 Å². The van der Waals surface area contributed by atoms with Crippen molar-refractivity contribution in [1.29, 1.82) is 0 Å². The number of hydrogen-bond donors (Lipinski definition) is 0. The molecular formula is C42H80NO8P. The maximum Gasteiger partial charge on any atom is 0.306 e. The van der Waals surface area contributed by atoms with Gasteiger partial charge in [0.2, 0.25) is 0 Å². The Kier molecular flexibility index (Phi) is 34.2. The lowest BCUT2D eigenvalue weighted by molar-refractivity contribution is -0.870. The van der Waals surface area contributed by atoms with Gasteiger partial charge in [-0.1, -0.05) is 134 Å². The smallest absolute Gasteiger partial charge is 0.306 e. The molecule has 0 N–H and O–H groups in total. The standard InChI is InChI=1S/C42H80NO8P/c1-6-8-10-12-14-16-18-20-21-23-24-26-28-30-32-34-41(44)48-38-40(39-50-52(46,47)49-37-36-43(3,4)5)51-42(45)35-33-31-29-27-25-22-19-17-15-13-11-9-7-2/h6,22,25,40H,1,7-21,23-24,26-39H2,2-5H3/b25-22+/t40-/m1/s1. The Labute approximate surface area is 319 Å². The number of hydrogen-bond acceptors (Lipinski definition) is 8.